The van der Waals surface area contributed by atoms with Gasteiger partial charge in [-0.05, 0) is 6.07 Å². The topological polar surface area (TPSA) is 112 Å². The van der Waals surface area contributed by atoms with E-state index in [1.165, 1.54) is 24.7 Å². The van der Waals surface area contributed by atoms with Crippen molar-refractivity contribution in [1.29, 1.82) is 5.26 Å². The monoisotopic (exact) mass is 311 g/mol. The average molecular weight is 311 g/mol. The lowest BCUT2D eigenvalue weighted by molar-refractivity contribution is 0.0770. The zero-order chi connectivity index (χ0) is 16.2. The van der Waals surface area contributed by atoms with Gasteiger partial charge in [0.2, 0.25) is 11.3 Å². The van der Waals surface area contributed by atoms with Crippen LogP contribution in [-0.2, 0) is 0 Å². The molecule has 3 heterocycles. The average Bonchev–Trinajstić information content (AvgIpc) is 3.03. The molecule has 1 N–H and O–H groups in total. The van der Waals surface area contributed by atoms with Crippen molar-refractivity contribution in [2.24, 2.45) is 0 Å². The Morgan fingerprint density at radius 2 is 2.26 bits per heavy atom. The number of rotatable bonds is 3. The van der Waals surface area contributed by atoms with Crippen LogP contribution in [0.5, 0.6) is 5.88 Å². The molecule has 1 aliphatic rings. The van der Waals surface area contributed by atoms with E-state index in [0.29, 0.717) is 25.1 Å². The Morgan fingerprint density at radius 1 is 1.43 bits per heavy atom. The molecule has 116 valence electrons. The Labute approximate surface area is 131 Å². The maximum atomic E-state index is 12.4. The van der Waals surface area contributed by atoms with Gasteiger partial charge in [0.15, 0.2) is 0 Å². The molecule has 1 saturated heterocycles. The second-order valence-corrected chi connectivity index (χ2v) is 5.04. The number of H-pyrrole nitrogens is 1. The number of nitrogens with one attached hydrogen (secondary N) is 1. The summed E-state index contributed by atoms with van der Waals surface area (Å²) in [6.07, 6.45) is 4.67. The van der Waals surface area contributed by atoms with Gasteiger partial charge < -0.3 is 14.6 Å². The number of aromatic nitrogens is 3. The van der Waals surface area contributed by atoms with E-state index in [9.17, 15) is 9.59 Å². The second-order valence-electron chi connectivity index (χ2n) is 5.04. The Bertz CT molecular complexity index is 826. The normalized spacial score (nSPS) is 16.8. The third-order valence-corrected chi connectivity index (χ3v) is 3.50. The Balaban J connectivity index is 1.68. The lowest BCUT2D eigenvalue weighted by atomic mass is 10.2. The number of hydrogen-bond acceptors (Lipinski definition) is 6. The summed E-state index contributed by atoms with van der Waals surface area (Å²) < 4.78 is 5.68. The van der Waals surface area contributed by atoms with Gasteiger partial charge in [-0.15, -0.1) is 0 Å². The minimum atomic E-state index is -0.318. The lowest BCUT2D eigenvalue weighted by Crippen LogP contribution is -2.31. The number of nitriles is 1. The van der Waals surface area contributed by atoms with Crippen LogP contribution >= 0.6 is 0 Å². The van der Waals surface area contributed by atoms with Gasteiger partial charge in [0.1, 0.15) is 12.2 Å². The van der Waals surface area contributed by atoms with Crippen molar-refractivity contribution in [1.82, 2.24) is 19.9 Å². The van der Waals surface area contributed by atoms with E-state index in [4.69, 9.17) is 10.00 Å². The standard InChI is InChI=1S/C15H13N5O3/c16-8-12-14(19-5-4-17-12)23-11-2-6-20(9-11)15(22)10-1-3-18-13(21)7-10/h1,3-5,7,11H,2,6,9H2,(H,18,21). The van der Waals surface area contributed by atoms with Crippen LogP contribution in [-0.4, -0.2) is 45.0 Å². The van der Waals surface area contributed by atoms with E-state index in [1.54, 1.807) is 11.0 Å². The Kier molecular flexibility index (Phi) is 4.01. The van der Waals surface area contributed by atoms with Gasteiger partial charge >= 0.3 is 0 Å². The molecule has 1 unspecified atom stereocenters. The minimum absolute atomic E-state index is 0.117. The molecular formula is C15H13N5O3. The maximum absolute atomic E-state index is 12.4. The van der Waals surface area contributed by atoms with Gasteiger partial charge in [0.25, 0.3) is 11.8 Å². The van der Waals surface area contributed by atoms with E-state index in [1.807, 2.05) is 6.07 Å². The Hall–Kier alpha value is -3.21. The third-order valence-electron chi connectivity index (χ3n) is 3.50. The first-order chi connectivity index (χ1) is 11.2. The zero-order valence-corrected chi connectivity index (χ0v) is 12.1. The van der Waals surface area contributed by atoms with Crippen LogP contribution in [0, 0.1) is 11.3 Å². The molecule has 1 fully saturated rings. The smallest absolute Gasteiger partial charge is 0.254 e. The third kappa shape index (κ3) is 3.18. The summed E-state index contributed by atoms with van der Waals surface area (Å²) in [6.45, 7) is 0.880. The summed E-state index contributed by atoms with van der Waals surface area (Å²) in [5.74, 6) is -0.0488. The predicted molar refractivity (Wildman–Crippen MR) is 78.7 cm³/mol. The van der Waals surface area contributed by atoms with Crippen LogP contribution in [0.15, 0.2) is 35.5 Å². The van der Waals surface area contributed by atoms with Crippen molar-refractivity contribution < 1.29 is 9.53 Å². The molecular weight excluding hydrogens is 298 g/mol. The quantitative estimate of drug-likeness (QED) is 0.874. The number of carbonyl (C=O) groups excluding carboxylic acids is 1. The van der Waals surface area contributed by atoms with E-state index < -0.39 is 0 Å². The number of likely N-dealkylation sites (tertiary alicyclic amines) is 1. The molecule has 8 nitrogen and oxygen atoms in total. The highest BCUT2D eigenvalue weighted by Gasteiger charge is 2.29. The molecule has 0 aliphatic carbocycles. The van der Waals surface area contributed by atoms with Crippen molar-refractivity contribution in [2.45, 2.75) is 12.5 Å². The molecule has 0 bridgehead atoms. The summed E-state index contributed by atoms with van der Waals surface area (Å²) in [5.41, 5.74) is 0.138. The largest absolute Gasteiger partial charge is 0.470 e. The van der Waals surface area contributed by atoms with Gasteiger partial charge in [-0.1, -0.05) is 0 Å². The van der Waals surface area contributed by atoms with Crippen LogP contribution in [0.25, 0.3) is 0 Å². The second kappa shape index (κ2) is 6.27. The van der Waals surface area contributed by atoms with Crippen LogP contribution in [0.4, 0.5) is 0 Å². The first-order valence-electron chi connectivity index (χ1n) is 7.03. The summed E-state index contributed by atoms with van der Waals surface area (Å²) >= 11 is 0. The summed E-state index contributed by atoms with van der Waals surface area (Å²) in [7, 11) is 0. The zero-order valence-electron chi connectivity index (χ0n) is 12.1. The van der Waals surface area contributed by atoms with Gasteiger partial charge in [-0.3, -0.25) is 9.59 Å². The lowest BCUT2D eigenvalue weighted by Gasteiger charge is -2.17. The first kappa shape index (κ1) is 14.7. The molecule has 23 heavy (non-hydrogen) atoms. The van der Waals surface area contributed by atoms with Crippen LogP contribution < -0.4 is 10.3 Å². The fourth-order valence-electron chi connectivity index (χ4n) is 2.42. The number of hydrogen-bond donors (Lipinski definition) is 1. The predicted octanol–water partition coefficient (Wildman–Crippen LogP) is 0.330. The number of carbonyl (C=O) groups is 1. The molecule has 1 atom stereocenters. The van der Waals surface area contributed by atoms with Crippen LogP contribution in [0.1, 0.15) is 22.5 Å². The molecule has 0 aromatic carbocycles. The molecule has 0 spiro atoms. The van der Waals surface area contributed by atoms with Gasteiger partial charge in [-0.25, -0.2) is 9.97 Å². The van der Waals surface area contributed by atoms with Crippen molar-refractivity contribution in [3.8, 4) is 11.9 Å². The minimum Gasteiger partial charge on any atom is -0.470 e. The van der Waals surface area contributed by atoms with Crippen molar-refractivity contribution in [3.05, 3.63) is 52.3 Å². The van der Waals surface area contributed by atoms with Gasteiger partial charge in [0, 0.05) is 43.2 Å². The highest BCUT2D eigenvalue weighted by molar-refractivity contribution is 5.94. The number of aromatic amines is 1. The number of amides is 1. The van der Waals surface area contributed by atoms with Gasteiger partial charge in [0.05, 0.1) is 6.54 Å². The fraction of sp³-hybridized carbons (Fsp3) is 0.267. The van der Waals surface area contributed by atoms with Crippen molar-refractivity contribution >= 4 is 5.91 Å². The molecule has 1 amide bonds. The van der Waals surface area contributed by atoms with E-state index in [2.05, 4.69) is 15.0 Å². The van der Waals surface area contributed by atoms with E-state index in [0.717, 1.165) is 0 Å². The number of ether oxygens (including phenoxy) is 1. The van der Waals surface area contributed by atoms with Crippen LogP contribution in [0.2, 0.25) is 0 Å². The summed E-state index contributed by atoms with van der Waals surface area (Å²) in [5, 5.41) is 8.98. The fourth-order valence-corrected chi connectivity index (χ4v) is 2.42. The molecule has 2 aromatic rings. The van der Waals surface area contributed by atoms with Crippen molar-refractivity contribution in [3.63, 3.8) is 0 Å². The van der Waals surface area contributed by atoms with Gasteiger partial charge in [-0.2, -0.15) is 5.26 Å². The molecule has 2 aromatic heterocycles. The SMILES string of the molecule is N#Cc1nccnc1OC1CCN(C(=O)c2cc[nH]c(=O)c2)C1. The number of nitrogens with zero attached hydrogens (tertiary/aromatic N) is 4. The van der Waals surface area contributed by atoms with E-state index >= 15 is 0 Å². The number of pyridine rings is 1. The van der Waals surface area contributed by atoms with Crippen LogP contribution in [0.3, 0.4) is 0 Å². The molecule has 1 aliphatic heterocycles. The highest BCUT2D eigenvalue weighted by atomic mass is 16.5. The highest BCUT2D eigenvalue weighted by Crippen LogP contribution is 2.19. The first-order valence-corrected chi connectivity index (χ1v) is 7.03. The Morgan fingerprint density at radius 3 is 3.04 bits per heavy atom. The van der Waals surface area contributed by atoms with E-state index in [-0.39, 0.29) is 29.1 Å². The molecule has 3 rings (SSSR count). The maximum Gasteiger partial charge on any atom is 0.254 e. The molecule has 0 saturated carbocycles. The molecule has 0 radical (unpaired) electrons. The van der Waals surface area contributed by atoms with Crippen molar-refractivity contribution in [2.75, 3.05) is 13.1 Å². The summed E-state index contributed by atoms with van der Waals surface area (Å²) in [4.78, 5) is 35.6. The molecule has 8 heteroatoms. The summed E-state index contributed by atoms with van der Waals surface area (Å²) in [6, 6.07) is 4.75.